The third-order valence-electron chi connectivity index (χ3n) is 5.23. The number of anilines is 2. The number of hydrogen-bond donors (Lipinski definition) is 1. The fourth-order valence-corrected chi connectivity index (χ4v) is 4.07. The van der Waals surface area contributed by atoms with Gasteiger partial charge in [0.2, 0.25) is 5.91 Å². The van der Waals surface area contributed by atoms with E-state index in [9.17, 15) is 9.59 Å². The van der Waals surface area contributed by atoms with Crippen LogP contribution in [0.3, 0.4) is 0 Å². The zero-order valence-corrected chi connectivity index (χ0v) is 17.9. The van der Waals surface area contributed by atoms with Crippen LogP contribution in [0.1, 0.15) is 19.8 Å². The summed E-state index contributed by atoms with van der Waals surface area (Å²) in [6.07, 6.45) is 2.30. The van der Waals surface area contributed by atoms with Crippen molar-refractivity contribution in [1.82, 2.24) is 9.78 Å². The van der Waals surface area contributed by atoms with Gasteiger partial charge in [0.1, 0.15) is 6.54 Å². The number of aromatic nitrogens is 2. The molecule has 0 radical (unpaired) electrons. The Labute approximate surface area is 177 Å². The molecule has 0 spiro atoms. The number of nitrogens with one attached hydrogen (secondary N) is 1. The van der Waals surface area contributed by atoms with E-state index in [-0.39, 0.29) is 18.0 Å². The van der Waals surface area contributed by atoms with Crippen molar-refractivity contribution in [2.45, 2.75) is 26.3 Å². The topological polar surface area (TPSA) is 67.2 Å². The smallest absolute Gasteiger partial charge is 0.275 e. The predicted molar refractivity (Wildman–Crippen MR) is 119 cm³/mol. The molecule has 150 valence electrons. The van der Waals surface area contributed by atoms with Gasteiger partial charge in [-0.1, -0.05) is 41.1 Å². The molecule has 1 aliphatic heterocycles. The number of nitrogens with zero attached hydrogens (tertiary/aromatic N) is 3. The maximum atomic E-state index is 13.0. The first-order chi connectivity index (χ1) is 14.0. The first-order valence-electron chi connectivity index (χ1n) is 9.81. The van der Waals surface area contributed by atoms with Crippen molar-refractivity contribution in [2.24, 2.45) is 5.92 Å². The molecule has 6 nitrogen and oxygen atoms in total. The van der Waals surface area contributed by atoms with Gasteiger partial charge in [-0.2, -0.15) is 5.10 Å². The summed E-state index contributed by atoms with van der Waals surface area (Å²) in [4.78, 5) is 27.7. The molecule has 1 aromatic heterocycles. The van der Waals surface area contributed by atoms with E-state index in [1.54, 1.807) is 18.2 Å². The minimum absolute atomic E-state index is 0.129. The van der Waals surface area contributed by atoms with Crippen LogP contribution >= 0.6 is 15.9 Å². The minimum Gasteiger partial charge on any atom is -0.354 e. The quantitative estimate of drug-likeness (QED) is 0.645. The Morgan fingerprint density at radius 3 is 2.62 bits per heavy atom. The van der Waals surface area contributed by atoms with Gasteiger partial charge in [0.05, 0.1) is 5.39 Å². The molecular formula is C22H23BrN4O2. The summed E-state index contributed by atoms with van der Waals surface area (Å²) in [5.41, 5.74) is 0.428. The lowest BCUT2D eigenvalue weighted by Gasteiger charge is -2.32. The van der Waals surface area contributed by atoms with E-state index in [1.165, 1.54) is 11.1 Å². The number of benzene rings is 2. The molecule has 1 amide bonds. The fraction of sp³-hybridized carbons (Fsp3) is 0.318. The van der Waals surface area contributed by atoms with Crippen LogP contribution in [0.4, 0.5) is 11.5 Å². The van der Waals surface area contributed by atoms with Crippen LogP contribution in [0.15, 0.2) is 57.8 Å². The van der Waals surface area contributed by atoms with Crippen LogP contribution in [-0.4, -0.2) is 28.8 Å². The van der Waals surface area contributed by atoms with Crippen LogP contribution in [0.25, 0.3) is 10.8 Å². The zero-order chi connectivity index (χ0) is 20.4. The van der Waals surface area contributed by atoms with Crippen molar-refractivity contribution in [3.05, 3.63) is 63.4 Å². The number of amides is 1. The second kappa shape index (κ2) is 8.37. The predicted octanol–water partition coefficient (Wildman–Crippen LogP) is 4.03. The first kappa shape index (κ1) is 19.6. The number of halogens is 1. The maximum Gasteiger partial charge on any atom is 0.275 e. The Bertz CT molecular complexity index is 1090. The van der Waals surface area contributed by atoms with Gasteiger partial charge in [0, 0.05) is 28.6 Å². The number of piperidine rings is 1. The molecule has 0 saturated carbocycles. The fourth-order valence-electron chi connectivity index (χ4n) is 3.81. The SMILES string of the molecule is C[C@H]1CCCN(c2nn(CC(=O)Nc3ccc(Br)cc3)c(=O)c3ccccc23)C1. The van der Waals surface area contributed by atoms with E-state index in [2.05, 4.69) is 38.2 Å². The summed E-state index contributed by atoms with van der Waals surface area (Å²) in [6, 6.07) is 14.8. The molecule has 1 saturated heterocycles. The number of carbonyl (C=O) groups excluding carboxylic acids is 1. The average molecular weight is 455 g/mol. The highest BCUT2D eigenvalue weighted by Crippen LogP contribution is 2.26. The second-order valence-corrected chi connectivity index (χ2v) is 8.50. The van der Waals surface area contributed by atoms with Crippen LogP contribution in [0.2, 0.25) is 0 Å². The van der Waals surface area contributed by atoms with Crippen LogP contribution in [0.5, 0.6) is 0 Å². The van der Waals surface area contributed by atoms with Crippen LogP contribution < -0.4 is 15.8 Å². The highest BCUT2D eigenvalue weighted by molar-refractivity contribution is 9.10. The van der Waals surface area contributed by atoms with Gasteiger partial charge in [0.25, 0.3) is 5.56 Å². The highest BCUT2D eigenvalue weighted by Gasteiger charge is 2.22. The molecule has 7 heteroatoms. The average Bonchev–Trinajstić information content (AvgIpc) is 2.72. The lowest BCUT2D eigenvalue weighted by molar-refractivity contribution is -0.117. The van der Waals surface area contributed by atoms with Gasteiger partial charge in [-0.3, -0.25) is 9.59 Å². The van der Waals surface area contributed by atoms with Gasteiger partial charge in [0.15, 0.2) is 5.82 Å². The molecule has 1 aliphatic rings. The van der Waals surface area contributed by atoms with E-state index in [0.29, 0.717) is 17.0 Å². The number of carbonyl (C=O) groups is 1. The molecule has 2 aromatic carbocycles. The summed E-state index contributed by atoms with van der Waals surface area (Å²) < 4.78 is 2.22. The van der Waals surface area contributed by atoms with Crippen LogP contribution in [-0.2, 0) is 11.3 Å². The lowest BCUT2D eigenvalue weighted by Crippen LogP contribution is -2.38. The highest BCUT2D eigenvalue weighted by atomic mass is 79.9. The summed E-state index contributed by atoms with van der Waals surface area (Å²) in [7, 11) is 0. The van der Waals surface area contributed by atoms with Gasteiger partial charge in [-0.15, -0.1) is 0 Å². The number of fused-ring (bicyclic) bond motifs is 1. The van der Waals surface area contributed by atoms with E-state index in [1.807, 2.05) is 30.3 Å². The minimum atomic E-state index is -0.282. The van der Waals surface area contributed by atoms with Crippen molar-refractivity contribution < 1.29 is 4.79 Å². The summed E-state index contributed by atoms with van der Waals surface area (Å²) in [5, 5.41) is 8.88. The molecule has 1 atom stereocenters. The molecule has 4 rings (SSSR count). The molecular weight excluding hydrogens is 432 g/mol. The zero-order valence-electron chi connectivity index (χ0n) is 16.3. The van der Waals surface area contributed by atoms with E-state index in [0.717, 1.165) is 35.2 Å². The second-order valence-electron chi connectivity index (χ2n) is 7.58. The standard InChI is InChI=1S/C22H23BrN4O2/c1-15-5-4-12-26(13-15)21-18-6-2-3-7-19(18)22(29)27(25-21)14-20(28)24-17-10-8-16(23)9-11-17/h2-3,6-11,15H,4-5,12-14H2,1H3,(H,24,28)/t15-/m0/s1. The van der Waals surface area contributed by atoms with E-state index < -0.39 is 0 Å². The Kier molecular flexibility index (Phi) is 5.67. The lowest BCUT2D eigenvalue weighted by atomic mass is 10.00. The number of hydrogen-bond acceptors (Lipinski definition) is 4. The number of rotatable bonds is 4. The van der Waals surface area contributed by atoms with Crippen molar-refractivity contribution in [2.75, 3.05) is 23.3 Å². The van der Waals surface area contributed by atoms with E-state index in [4.69, 9.17) is 0 Å². The molecule has 1 fully saturated rings. The molecule has 1 N–H and O–H groups in total. The Morgan fingerprint density at radius 1 is 1.17 bits per heavy atom. The first-order valence-corrected chi connectivity index (χ1v) is 10.6. The third kappa shape index (κ3) is 4.34. The maximum absolute atomic E-state index is 13.0. The Hall–Kier alpha value is -2.67. The summed E-state index contributed by atoms with van der Waals surface area (Å²) in [5.74, 6) is 1.07. The van der Waals surface area contributed by atoms with Crippen molar-refractivity contribution in [1.29, 1.82) is 0 Å². The van der Waals surface area contributed by atoms with Gasteiger partial charge in [-0.05, 0) is 49.1 Å². The van der Waals surface area contributed by atoms with Gasteiger partial charge >= 0.3 is 0 Å². The third-order valence-corrected chi connectivity index (χ3v) is 5.75. The molecule has 29 heavy (non-hydrogen) atoms. The molecule has 0 aliphatic carbocycles. The molecule has 0 bridgehead atoms. The Balaban J connectivity index is 1.66. The molecule has 0 unspecified atom stereocenters. The normalized spacial score (nSPS) is 16.8. The van der Waals surface area contributed by atoms with Crippen molar-refractivity contribution in [3.8, 4) is 0 Å². The van der Waals surface area contributed by atoms with Crippen molar-refractivity contribution in [3.63, 3.8) is 0 Å². The largest absolute Gasteiger partial charge is 0.354 e. The molecule has 3 aromatic rings. The molecule has 2 heterocycles. The van der Waals surface area contributed by atoms with E-state index >= 15 is 0 Å². The Morgan fingerprint density at radius 2 is 1.90 bits per heavy atom. The summed E-state index contributed by atoms with van der Waals surface area (Å²) in [6.45, 7) is 3.91. The van der Waals surface area contributed by atoms with Gasteiger partial charge < -0.3 is 10.2 Å². The van der Waals surface area contributed by atoms with Gasteiger partial charge in [-0.25, -0.2) is 4.68 Å². The monoisotopic (exact) mass is 454 g/mol. The van der Waals surface area contributed by atoms with Crippen LogP contribution in [0, 0.1) is 5.92 Å². The van der Waals surface area contributed by atoms with Crippen molar-refractivity contribution >= 4 is 44.1 Å². The summed E-state index contributed by atoms with van der Waals surface area (Å²) >= 11 is 3.38.